The molecule has 0 N–H and O–H groups in total. The summed E-state index contributed by atoms with van der Waals surface area (Å²) in [7, 11) is 0. The second-order valence-electron chi connectivity index (χ2n) is 5.40. The van der Waals surface area contributed by atoms with Gasteiger partial charge in [-0.1, -0.05) is 12.2 Å². The number of hydrogen-bond acceptors (Lipinski definition) is 2. The van der Waals surface area contributed by atoms with Crippen LogP contribution in [0.1, 0.15) is 33.6 Å². The molecule has 0 aromatic carbocycles. The van der Waals surface area contributed by atoms with Crippen molar-refractivity contribution in [3.63, 3.8) is 0 Å². The van der Waals surface area contributed by atoms with Gasteiger partial charge in [0.25, 0.3) is 0 Å². The van der Waals surface area contributed by atoms with E-state index in [1.807, 2.05) is 0 Å². The number of thiocarbonyl (C=S) groups is 1. The molecule has 14 heavy (non-hydrogen) atoms. The van der Waals surface area contributed by atoms with E-state index in [0.29, 0.717) is 11.6 Å². The van der Waals surface area contributed by atoms with Gasteiger partial charge >= 0.3 is 0 Å². The first-order chi connectivity index (χ1) is 6.48. The smallest absolute Gasteiger partial charge is 0.0783 e. The summed E-state index contributed by atoms with van der Waals surface area (Å²) in [6, 6.07) is 0.704. The summed E-state index contributed by atoms with van der Waals surface area (Å²) in [6.45, 7) is 10.4. The standard InChI is InChI=1S/C11H20N2S/c1-11(2,3)12-6-7-13-9(8-12)4-5-10(13)14/h9H,4-8H2,1-3H3/t9-/m0/s1. The lowest BCUT2D eigenvalue weighted by Crippen LogP contribution is -2.56. The highest BCUT2D eigenvalue weighted by atomic mass is 32.1. The largest absolute Gasteiger partial charge is 0.361 e. The Kier molecular flexibility index (Phi) is 2.56. The van der Waals surface area contributed by atoms with E-state index in [-0.39, 0.29) is 0 Å². The second-order valence-corrected chi connectivity index (χ2v) is 5.87. The van der Waals surface area contributed by atoms with Crippen molar-refractivity contribution in [2.24, 2.45) is 0 Å². The number of fused-ring (bicyclic) bond motifs is 1. The predicted molar refractivity (Wildman–Crippen MR) is 63.7 cm³/mol. The Morgan fingerprint density at radius 3 is 2.64 bits per heavy atom. The van der Waals surface area contributed by atoms with Gasteiger partial charge in [0.1, 0.15) is 0 Å². The van der Waals surface area contributed by atoms with Crippen molar-refractivity contribution in [1.82, 2.24) is 9.80 Å². The molecule has 2 heterocycles. The van der Waals surface area contributed by atoms with Crippen LogP contribution in [0, 0.1) is 0 Å². The molecule has 2 saturated heterocycles. The first kappa shape index (κ1) is 10.4. The van der Waals surface area contributed by atoms with E-state index >= 15 is 0 Å². The van der Waals surface area contributed by atoms with Gasteiger partial charge in [-0.3, -0.25) is 4.90 Å². The van der Waals surface area contributed by atoms with Crippen molar-refractivity contribution in [3.05, 3.63) is 0 Å². The molecular formula is C11H20N2S. The molecule has 0 bridgehead atoms. The van der Waals surface area contributed by atoms with Crippen molar-refractivity contribution < 1.29 is 0 Å². The average molecular weight is 212 g/mol. The molecule has 2 rings (SSSR count). The van der Waals surface area contributed by atoms with Crippen molar-refractivity contribution in [2.45, 2.75) is 45.2 Å². The van der Waals surface area contributed by atoms with Gasteiger partial charge in [0.2, 0.25) is 0 Å². The molecule has 0 aromatic heterocycles. The third-order valence-electron chi connectivity index (χ3n) is 3.44. The maximum atomic E-state index is 5.36. The van der Waals surface area contributed by atoms with Crippen LogP contribution in [-0.4, -0.2) is 46.0 Å². The van der Waals surface area contributed by atoms with Gasteiger partial charge in [0.15, 0.2) is 0 Å². The molecule has 0 radical (unpaired) electrons. The van der Waals surface area contributed by atoms with Crippen LogP contribution >= 0.6 is 12.2 Å². The lowest BCUT2D eigenvalue weighted by molar-refractivity contribution is 0.0613. The van der Waals surface area contributed by atoms with Gasteiger partial charge < -0.3 is 4.90 Å². The van der Waals surface area contributed by atoms with Gasteiger partial charge in [-0.25, -0.2) is 0 Å². The molecule has 2 nitrogen and oxygen atoms in total. The molecule has 80 valence electrons. The summed E-state index contributed by atoms with van der Waals surface area (Å²) in [4.78, 5) is 6.23. The Morgan fingerprint density at radius 1 is 1.29 bits per heavy atom. The summed E-state index contributed by atoms with van der Waals surface area (Å²) in [5.74, 6) is 0. The highest BCUT2D eigenvalue weighted by Crippen LogP contribution is 2.27. The second kappa shape index (κ2) is 3.46. The minimum Gasteiger partial charge on any atom is -0.361 e. The Balaban J connectivity index is 2.03. The van der Waals surface area contributed by atoms with E-state index in [4.69, 9.17) is 12.2 Å². The molecule has 3 heteroatoms. The van der Waals surface area contributed by atoms with Gasteiger partial charge in [-0.05, 0) is 33.6 Å². The SMILES string of the molecule is CC(C)(C)N1CCN2C(=S)CC[C@H]2C1. The summed E-state index contributed by atoms with van der Waals surface area (Å²) in [5.41, 5.74) is 0.316. The highest BCUT2D eigenvalue weighted by molar-refractivity contribution is 7.80. The molecule has 0 unspecified atom stereocenters. The lowest BCUT2D eigenvalue weighted by atomic mass is 10.0. The third-order valence-corrected chi connectivity index (χ3v) is 3.88. The molecule has 0 amide bonds. The Bertz CT molecular complexity index is 244. The maximum absolute atomic E-state index is 5.36. The Hall–Kier alpha value is -0.150. The van der Waals surface area contributed by atoms with Crippen LogP contribution < -0.4 is 0 Å². The van der Waals surface area contributed by atoms with Crippen molar-refractivity contribution in [3.8, 4) is 0 Å². The number of rotatable bonds is 0. The fourth-order valence-electron chi connectivity index (χ4n) is 2.47. The van der Waals surface area contributed by atoms with E-state index in [9.17, 15) is 0 Å². The number of piperazine rings is 1. The molecule has 0 saturated carbocycles. The van der Waals surface area contributed by atoms with Gasteiger partial charge in [0.05, 0.1) is 4.99 Å². The van der Waals surface area contributed by atoms with Crippen LogP contribution in [0.3, 0.4) is 0 Å². The maximum Gasteiger partial charge on any atom is 0.0783 e. The van der Waals surface area contributed by atoms with Crippen LogP contribution in [0.15, 0.2) is 0 Å². The zero-order valence-electron chi connectivity index (χ0n) is 9.42. The molecule has 0 spiro atoms. The van der Waals surface area contributed by atoms with Gasteiger partial charge in [-0.2, -0.15) is 0 Å². The molecular weight excluding hydrogens is 192 g/mol. The van der Waals surface area contributed by atoms with Crippen LogP contribution in [0.5, 0.6) is 0 Å². The quantitative estimate of drug-likeness (QED) is 0.566. The van der Waals surface area contributed by atoms with Crippen molar-refractivity contribution in [2.75, 3.05) is 19.6 Å². The van der Waals surface area contributed by atoms with Crippen molar-refractivity contribution >= 4 is 17.2 Å². The first-order valence-corrected chi connectivity index (χ1v) is 5.94. The average Bonchev–Trinajstić information content (AvgIpc) is 2.46. The van der Waals surface area contributed by atoms with E-state index in [1.54, 1.807) is 0 Å². The molecule has 2 aliphatic heterocycles. The lowest BCUT2D eigenvalue weighted by Gasteiger charge is -2.45. The third kappa shape index (κ3) is 1.80. The Morgan fingerprint density at radius 2 is 2.00 bits per heavy atom. The van der Waals surface area contributed by atoms with Crippen LogP contribution in [0.25, 0.3) is 0 Å². The Labute approximate surface area is 92.3 Å². The molecule has 0 aliphatic carbocycles. The number of nitrogens with zero attached hydrogens (tertiary/aromatic N) is 2. The topological polar surface area (TPSA) is 6.48 Å². The minimum absolute atomic E-state index is 0.316. The normalized spacial score (nSPS) is 29.5. The van der Waals surface area contributed by atoms with Crippen LogP contribution in [0.2, 0.25) is 0 Å². The monoisotopic (exact) mass is 212 g/mol. The molecule has 1 atom stereocenters. The summed E-state index contributed by atoms with van der Waals surface area (Å²) < 4.78 is 0. The van der Waals surface area contributed by atoms with E-state index in [1.165, 1.54) is 24.5 Å². The van der Waals surface area contributed by atoms with Gasteiger partial charge in [0, 0.05) is 31.2 Å². The first-order valence-electron chi connectivity index (χ1n) is 5.53. The van der Waals surface area contributed by atoms with Gasteiger partial charge in [-0.15, -0.1) is 0 Å². The van der Waals surface area contributed by atoms with Crippen LogP contribution in [0.4, 0.5) is 0 Å². The summed E-state index contributed by atoms with van der Waals surface area (Å²) in [6.07, 6.45) is 2.41. The fraction of sp³-hybridized carbons (Fsp3) is 0.909. The van der Waals surface area contributed by atoms with Crippen LogP contribution in [-0.2, 0) is 0 Å². The molecule has 2 fully saturated rings. The predicted octanol–water partition coefficient (Wildman–Crippen LogP) is 1.89. The van der Waals surface area contributed by atoms with Crippen molar-refractivity contribution in [1.29, 1.82) is 0 Å². The zero-order valence-corrected chi connectivity index (χ0v) is 10.2. The molecule has 0 aromatic rings. The highest BCUT2D eigenvalue weighted by Gasteiger charge is 2.36. The van der Waals surface area contributed by atoms with E-state index in [2.05, 4.69) is 30.6 Å². The minimum atomic E-state index is 0.316. The molecule has 2 aliphatic rings. The summed E-state index contributed by atoms with van der Waals surface area (Å²) in [5, 5.41) is 0. The summed E-state index contributed by atoms with van der Waals surface area (Å²) >= 11 is 5.36. The zero-order chi connectivity index (χ0) is 10.3. The number of hydrogen-bond donors (Lipinski definition) is 0. The van der Waals surface area contributed by atoms with E-state index in [0.717, 1.165) is 13.0 Å². The fourth-order valence-corrected chi connectivity index (χ4v) is 2.83. The van der Waals surface area contributed by atoms with E-state index < -0.39 is 0 Å².